The monoisotopic (exact) mass is 236 g/mol. The van der Waals surface area contributed by atoms with E-state index in [9.17, 15) is 9.59 Å². The number of nitrogens with one attached hydrogen (secondary N) is 1. The Morgan fingerprint density at radius 2 is 2.47 bits per heavy atom. The first-order valence-corrected chi connectivity index (χ1v) is 5.27. The molecule has 17 heavy (non-hydrogen) atoms. The number of amides is 1. The molecule has 1 unspecified atom stereocenters. The van der Waals surface area contributed by atoms with E-state index >= 15 is 0 Å². The zero-order chi connectivity index (χ0) is 12.3. The van der Waals surface area contributed by atoms with E-state index in [1.165, 1.54) is 18.3 Å². The summed E-state index contributed by atoms with van der Waals surface area (Å²) < 4.78 is 5.32. The van der Waals surface area contributed by atoms with Crippen molar-refractivity contribution in [3.8, 4) is 5.88 Å². The molecule has 2 heterocycles. The number of carbonyl (C=O) groups is 2. The maximum absolute atomic E-state index is 11.0. The largest absolute Gasteiger partial charge is 0.477 e. The summed E-state index contributed by atoms with van der Waals surface area (Å²) in [6.45, 7) is 0.239. The second-order valence-electron chi connectivity index (χ2n) is 3.78. The van der Waals surface area contributed by atoms with E-state index in [1.54, 1.807) is 0 Å². The maximum Gasteiger partial charge on any atom is 0.341 e. The molecule has 0 spiro atoms. The molecule has 6 nitrogen and oxygen atoms in total. The standard InChI is InChI=1S/C11H12N2O4/c14-9-4-3-7(13-9)6-17-10-8(11(15)16)2-1-5-12-10/h1-2,5,7H,3-4,6H2,(H,13,14)(H,15,16). The number of aromatic carboxylic acids is 1. The maximum atomic E-state index is 11.0. The first-order valence-electron chi connectivity index (χ1n) is 5.27. The van der Waals surface area contributed by atoms with Crippen LogP contribution in [-0.2, 0) is 4.79 Å². The average molecular weight is 236 g/mol. The van der Waals surface area contributed by atoms with Gasteiger partial charge in [0.2, 0.25) is 11.8 Å². The van der Waals surface area contributed by atoms with Gasteiger partial charge in [-0.25, -0.2) is 9.78 Å². The number of nitrogens with zero attached hydrogens (tertiary/aromatic N) is 1. The zero-order valence-electron chi connectivity index (χ0n) is 9.05. The van der Waals surface area contributed by atoms with Crippen molar-refractivity contribution < 1.29 is 19.4 Å². The highest BCUT2D eigenvalue weighted by atomic mass is 16.5. The number of carbonyl (C=O) groups excluding carboxylic acids is 1. The van der Waals surface area contributed by atoms with Crippen molar-refractivity contribution >= 4 is 11.9 Å². The fraction of sp³-hybridized carbons (Fsp3) is 0.364. The van der Waals surface area contributed by atoms with Gasteiger partial charge in [-0.2, -0.15) is 0 Å². The molecule has 1 aromatic rings. The van der Waals surface area contributed by atoms with Crippen LogP contribution in [0, 0.1) is 0 Å². The summed E-state index contributed by atoms with van der Waals surface area (Å²) >= 11 is 0. The molecular weight excluding hydrogens is 224 g/mol. The second kappa shape index (κ2) is 4.82. The number of carboxylic acid groups (broad SMARTS) is 1. The lowest BCUT2D eigenvalue weighted by atomic mass is 10.2. The van der Waals surface area contributed by atoms with E-state index in [2.05, 4.69) is 10.3 Å². The van der Waals surface area contributed by atoms with Gasteiger partial charge in [0.1, 0.15) is 12.2 Å². The molecule has 0 radical (unpaired) electrons. The third-order valence-corrected chi connectivity index (χ3v) is 2.51. The molecule has 0 bridgehead atoms. The van der Waals surface area contributed by atoms with E-state index in [4.69, 9.17) is 9.84 Å². The van der Waals surface area contributed by atoms with E-state index in [-0.39, 0.29) is 30.0 Å². The molecular formula is C11H12N2O4. The van der Waals surface area contributed by atoms with Crippen LogP contribution in [0.2, 0.25) is 0 Å². The van der Waals surface area contributed by atoms with Crippen molar-refractivity contribution in [1.29, 1.82) is 0 Å². The van der Waals surface area contributed by atoms with Crippen molar-refractivity contribution in [2.75, 3.05) is 6.61 Å². The lowest BCUT2D eigenvalue weighted by molar-refractivity contribution is -0.119. The Kier molecular flexibility index (Phi) is 3.22. The minimum Gasteiger partial charge on any atom is -0.477 e. The molecule has 0 aromatic carbocycles. The molecule has 0 saturated carbocycles. The summed E-state index contributed by atoms with van der Waals surface area (Å²) in [7, 11) is 0. The Morgan fingerprint density at radius 1 is 1.65 bits per heavy atom. The van der Waals surface area contributed by atoms with Crippen molar-refractivity contribution in [2.45, 2.75) is 18.9 Å². The molecule has 1 fully saturated rings. The van der Waals surface area contributed by atoms with Crippen LogP contribution in [0.1, 0.15) is 23.2 Å². The Balaban J connectivity index is 1.99. The molecule has 6 heteroatoms. The number of hydrogen-bond acceptors (Lipinski definition) is 4. The van der Waals surface area contributed by atoms with E-state index < -0.39 is 5.97 Å². The third-order valence-electron chi connectivity index (χ3n) is 2.51. The van der Waals surface area contributed by atoms with E-state index in [0.29, 0.717) is 12.8 Å². The predicted molar refractivity (Wildman–Crippen MR) is 57.9 cm³/mol. The molecule has 1 saturated heterocycles. The number of pyridine rings is 1. The Labute approximate surface area is 97.6 Å². The molecule has 1 aromatic heterocycles. The van der Waals surface area contributed by atoms with Gasteiger partial charge in [-0.3, -0.25) is 4.79 Å². The molecule has 1 amide bonds. The van der Waals surface area contributed by atoms with E-state index in [1.807, 2.05) is 0 Å². The third kappa shape index (κ3) is 2.72. The summed E-state index contributed by atoms with van der Waals surface area (Å²) in [5.41, 5.74) is 0.0248. The number of hydrogen-bond donors (Lipinski definition) is 2. The van der Waals surface area contributed by atoms with Crippen molar-refractivity contribution in [2.24, 2.45) is 0 Å². The van der Waals surface area contributed by atoms with Gasteiger partial charge in [-0.1, -0.05) is 0 Å². The van der Waals surface area contributed by atoms with Gasteiger partial charge in [0.05, 0.1) is 6.04 Å². The molecule has 0 aliphatic carbocycles. The van der Waals surface area contributed by atoms with Gasteiger partial charge in [-0.05, 0) is 18.6 Å². The Morgan fingerprint density at radius 3 is 3.12 bits per heavy atom. The van der Waals surface area contributed by atoms with Gasteiger partial charge in [0.15, 0.2) is 0 Å². The fourth-order valence-electron chi connectivity index (χ4n) is 1.65. The summed E-state index contributed by atoms with van der Waals surface area (Å²) in [6.07, 6.45) is 2.66. The van der Waals surface area contributed by atoms with Gasteiger partial charge < -0.3 is 15.2 Å². The molecule has 1 aliphatic heterocycles. The molecule has 90 valence electrons. The Hall–Kier alpha value is -2.11. The predicted octanol–water partition coefficient (Wildman–Crippen LogP) is 0.437. The van der Waals surface area contributed by atoms with E-state index in [0.717, 1.165) is 0 Å². The van der Waals surface area contributed by atoms with Crippen LogP contribution in [0.3, 0.4) is 0 Å². The number of carboxylic acids is 1. The van der Waals surface area contributed by atoms with Crippen LogP contribution < -0.4 is 10.1 Å². The van der Waals surface area contributed by atoms with Crippen LogP contribution in [0.4, 0.5) is 0 Å². The number of rotatable bonds is 4. The van der Waals surface area contributed by atoms with Crippen molar-refractivity contribution in [3.05, 3.63) is 23.9 Å². The summed E-state index contributed by atoms with van der Waals surface area (Å²) in [4.78, 5) is 25.7. The lowest BCUT2D eigenvalue weighted by Crippen LogP contribution is -2.31. The molecule has 1 atom stereocenters. The fourth-order valence-corrected chi connectivity index (χ4v) is 1.65. The topological polar surface area (TPSA) is 88.5 Å². The van der Waals surface area contributed by atoms with Crippen LogP contribution in [-0.4, -0.2) is 34.6 Å². The molecule has 1 aliphatic rings. The lowest BCUT2D eigenvalue weighted by Gasteiger charge is -2.12. The highest BCUT2D eigenvalue weighted by Gasteiger charge is 2.22. The smallest absolute Gasteiger partial charge is 0.341 e. The Bertz CT molecular complexity index is 447. The zero-order valence-corrected chi connectivity index (χ0v) is 9.05. The van der Waals surface area contributed by atoms with Crippen molar-refractivity contribution in [3.63, 3.8) is 0 Å². The van der Waals surface area contributed by atoms with Crippen LogP contribution in [0.25, 0.3) is 0 Å². The first-order chi connectivity index (χ1) is 8.16. The quantitative estimate of drug-likeness (QED) is 0.791. The van der Waals surface area contributed by atoms with Gasteiger partial charge >= 0.3 is 5.97 Å². The normalized spacial score (nSPS) is 18.8. The van der Waals surface area contributed by atoms with Gasteiger partial charge in [0, 0.05) is 12.6 Å². The highest BCUT2D eigenvalue weighted by Crippen LogP contribution is 2.15. The summed E-state index contributed by atoms with van der Waals surface area (Å²) in [6, 6.07) is 2.90. The number of ether oxygens (including phenoxy) is 1. The minimum absolute atomic E-state index is 0.00178. The average Bonchev–Trinajstić information content (AvgIpc) is 2.73. The minimum atomic E-state index is -1.08. The van der Waals surface area contributed by atoms with Gasteiger partial charge in [-0.15, -0.1) is 0 Å². The molecule has 2 rings (SSSR count). The summed E-state index contributed by atoms with van der Waals surface area (Å²) in [5.74, 6) is -0.997. The molecule has 2 N–H and O–H groups in total. The number of aromatic nitrogens is 1. The highest BCUT2D eigenvalue weighted by molar-refractivity contribution is 5.90. The first kappa shape index (κ1) is 11.4. The van der Waals surface area contributed by atoms with Crippen molar-refractivity contribution in [1.82, 2.24) is 10.3 Å². The second-order valence-corrected chi connectivity index (χ2v) is 3.78. The summed E-state index contributed by atoms with van der Waals surface area (Å²) in [5, 5.41) is 11.6. The van der Waals surface area contributed by atoms with Gasteiger partial charge in [0.25, 0.3) is 0 Å². The van der Waals surface area contributed by atoms with Crippen LogP contribution in [0.5, 0.6) is 5.88 Å². The SMILES string of the molecule is O=C1CCC(COc2ncccc2C(=O)O)N1. The van der Waals surface area contributed by atoms with Crippen LogP contribution in [0.15, 0.2) is 18.3 Å². The van der Waals surface area contributed by atoms with Crippen LogP contribution >= 0.6 is 0 Å².